The van der Waals surface area contributed by atoms with E-state index in [4.69, 9.17) is 8.85 Å². The summed E-state index contributed by atoms with van der Waals surface area (Å²) in [7, 11) is 2.53. The number of hydrogen-bond donors (Lipinski definition) is 0. The van der Waals surface area contributed by atoms with E-state index in [1.807, 2.05) is 0 Å². The fraction of sp³-hybridized carbons (Fsp3) is 1.00. The molecule has 0 fully saturated rings. The second kappa shape index (κ2) is 5.20. The van der Waals surface area contributed by atoms with Gasteiger partial charge in [-0.15, -0.1) is 0 Å². The summed E-state index contributed by atoms with van der Waals surface area (Å²) in [6, 6.07) is 0. The van der Waals surface area contributed by atoms with Crippen molar-refractivity contribution in [2.75, 3.05) is 21.3 Å². The molecule has 4 nitrogen and oxygen atoms in total. The van der Waals surface area contributed by atoms with Crippen LogP contribution in [-0.4, -0.2) is 30.9 Å². The lowest BCUT2D eigenvalue weighted by Crippen LogP contribution is -2.22. The van der Waals surface area contributed by atoms with Crippen molar-refractivity contribution >= 4 is 9.53 Å². The monoisotopic (exact) mass is 138 g/mol. The van der Waals surface area contributed by atoms with E-state index in [1.165, 1.54) is 21.3 Å². The summed E-state index contributed by atoms with van der Waals surface area (Å²) in [6.07, 6.45) is 0. The standard InChI is InChI=1S/C3H10O4Si/c1-4-7-8(5-2)6-3/h8H,1-3H3. The van der Waals surface area contributed by atoms with E-state index in [9.17, 15) is 0 Å². The highest BCUT2D eigenvalue weighted by molar-refractivity contribution is 6.35. The maximum absolute atomic E-state index is 4.71. The highest BCUT2D eigenvalue weighted by Crippen LogP contribution is 1.85. The molecule has 0 rings (SSSR count). The van der Waals surface area contributed by atoms with E-state index < -0.39 is 9.53 Å². The van der Waals surface area contributed by atoms with Crippen LogP contribution in [0.2, 0.25) is 0 Å². The van der Waals surface area contributed by atoms with Crippen LogP contribution in [0.15, 0.2) is 0 Å². The molecule has 0 unspecified atom stereocenters. The van der Waals surface area contributed by atoms with Crippen LogP contribution in [0.5, 0.6) is 0 Å². The second-order valence-corrected chi connectivity index (χ2v) is 2.74. The van der Waals surface area contributed by atoms with Crippen molar-refractivity contribution in [3.05, 3.63) is 0 Å². The zero-order valence-electron chi connectivity index (χ0n) is 5.21. The maximum Gasteiger partial charge on any atom is 0.513 e. The van der Waals surface area contributed by atoms with Crippen molar-refractivity contribution < 1.29 is 18.3 Å². The molecular weight excluding hydrogens is 128 g/mol. The van der Waals surface area contributed by atoms with Crippen LogP contribution in [0.3, 0.4) is 0 Å². The Balaban J connectivity index is 3.07. The van der Waals surface area contributed by atoms with Gasteiger partial charge in [-0.1, -0.05) is 0 Å². The zero-order chi connectivity index (χ0) is 6.41. The van der Waals surface area contributed by atoms with Gasteiger partial charge in [-0.25, -0.2) is 9.46 Å². The molecule has 0 radical (unpaired) electrons. The van der Waals surface area contributed by atoms with Gasteiger partial charge in [0, 0.05) is 14.2 Å². The largest absolute Gasteiger partial charge is 0.513 e. The predicted octanol–water partition coefficient (Wildman–Crippen LogP) is -0.426. The SMILES string of the molecule is COO[SiH](OC)OC. The van der Waals surface area contributed by atoms with Crippen LogP contribution in [0.4, 0.5) is 0 Å². The van der Waals surface area contributed by atoms with Gasteiger partial charge in [0.25, 0.3) is 0 Å². The molecule has 0 amide bonds. The van der Waals surface area contributed by atoms with Crippen molar-refractivity contribution in [1.82, 2.24) is 0 Å². The van der Waals surface area contributed by atoms with Crippen molar-refractivity contribution in [3.63, 3.8) is 0 Å². The molecule has 8 heavy (non-hydrogen) atoms. The lowest BCUT2D eigenvalue weighted by atomic mass is 11.8. The first kappa shape index (κ1) is 8.06. The predicted molar refractivity (Wildman–Crippen MR) is 29.3 cm³/mol. The third-order valence-corrected chi connectivity index (χ3v) is 1.68. The van der Waals surface area contributed by atoms with E-state index >= 15 is 0 Å². The summed E-state index contributed by atoms with van der Waals surface area (Å²) in [6.45, 7) is 0. The van der Waals surface area contributed by atoms with Crippen molar-refractivity contribution in [2.45, 2.75) is 0 Å². The Morgan fingerprint density at radius 3 is 1.62 bits per heavy atom. The lowest BCUT2D eigenvalue weighted by Gasteiger charge is -2.06. The van der Waals surface area contributed by atoms with Crippen LogP contribution >= 0.6 is 0 Å². The summed E-state index contributed by atoms with van der Waals surface area (Å²) in [5.74, 6) is 0. The van der Waals surface area contributed by atoms with E-state index in [0.717, 1.165) is 0 Å². The molecule has 0 saturated carbocycles. The molecule has 0 spiro atoms. The Kier molecular flexibility index (Phi) is 5.24. The Labute approximate surface area is 50.2 Å². The minimum absolute atomic E-state index is 1.41. The average molecular weight is 138 g/mol. The second-order valence-electron chi connectivity index (χ2n) is 1.02. The van der Waals surface area contributed by atoms with Crippen LogP contribution in [0, 0.1) is 0 Å². The summed E-state index contributed by atoms with van der Waals surface area (Å²) < 4.78 is 14.0. The minimum atomic E-state index is -1.91. The minimum Gasteiger partial charge on any atom is -0.378 e. The Morgan fingerprint density at radius 2 is 1.50 bits per heavy atom. The van der Waals surface area contributed by atoms with Gasteiger partial charge in [0.2, 0.25) is 0 Å². The van der Waals surface area contributed by atoms with Crippen LogP contribution in [0.1, 0.15) is 0 Å². The molecule has 0 saturated heterocycles. The van der Waals surface area contributed by atoms with E-state index in [2.05, 4.69) is 9.46 Å². The molecular formula is C3H10O4Si. The smallest absolute Gasteiger partial charge is 0.378 e. The highest BCUT2D eigenvalue weighted by Gasteiger charge is 2.09. The lowest BCUT2D eigenvalue weighted by molar-refractivity contribution is -0.212. The van der Waals surface area contributed by atoms with Gasteiger partial charge in [0.1, 0.15) is 0 Å². The molecule has 0 aliphatic rings. The molecule has 0 heterocycles. The Hall–Kier alpha value is 0.0569. The third kappa shape index (κ3) is 3.11. The van der Waals surface area contributed by atoms with E-state index in [-0.39, 0.29) is 0 Å². The molecule has 0 aliphatic heterocycles. The first-order valence-corrected chi connectivity index (χ1v) is 3.51. The molecule has 0 bridgehead atoms. The molecule has 0 atom stereocenters. The maximum atomic E-state index is 4.71. The van der Waals surface area contributed by atoms with Crippen molar-refractivity contribution in [2.24, 2.45) is 0 Å². The molecule has 50 valence electrons. The summed E-state index contributed by atoms with van der Waals surface area (Å²) in [4.78, 5) is 4.30. The summed E-state index contributed by atoms with van der Waals surface area (Å²) >= 11 is 0. The highest BCUT2D eigenvalue weighted by atomic mass is 28.3. The Morgan fingerprint density at radius 1 is 1.00 bits per heavy atom. The molecule has 0 aromatic heterocycles. The average Bonchev–Trinajstić information content (AvgIpc) is 1.83. The van der Waals surface area contributed by atoms with Gasteiger partial charge in [-0.05, 0) is 0 Å². The first-order chi connectivity index (χ1) is 3.85. The summed E-state index contributed by atoms with van der Waals surface area (Å²) in [5, 5.41) is 0. The van der Waals surface area contributed by atoms with E-state index in [1.54, 1.807) is 0 Å². The van der Waals surface area contributed by atoms with Crippen LogP contribution < -0.4 is 0 Å². The molecule has 0 N–H and O–H groups in total. The molecule has 5 heteroatoms. The first-order valence-electron chi connectivity index (χ1n) is 2.10. The fourth-order valence-corrected chi connectivity index (χ4v) is 0.760. The normalized spacial score (nSPS) is 10.5. The van der Waals surface area contributed by atoms with Crippen molar-refractivity contribution in [3.8, 4) is 0 Å². The molecule has 0 aliphatic carbocycles. The van der Waals surface area contributed by atoms with Crippen LogP contribution in [0.25, 0.3) is 0 Å². The number of rotatable bonds is 4. The number of hydrogen-bond acceptors (Lipinski definition) is 4. The zero-order valence-corrected chi connectivity index (χ0v) is 6.37. The topological polar surface area (TPSA) is 36.9 Å². The van der Waals surface area contributed by atoms with Crippen LogP contribution in [-0.2, 0) is 18.3 Å². The van der Waals surface area contributed by atoms with Gasteiger partial charge >= 0.3 is 9.53 Å². The van der Waals surface area contributed by atoms with Gasteiger partial charge in [0.15, 0.2) is 0 Å². The molecule has 0 aromatic carbocycles. The van der Waals surface area contributed by atoms with Gasteiger partial charge in [-0.2, -0.15) is 0 Å². The van der Waals surface area contributed by atoms with Gasteiger partial charge < -0.3 is 8.85 Å². The van der Waals surface area contributed by atoms with Gasteiger partial charge in [0.05, 0.1) is 7.11 Å². The molecule has 0 aromatic rings. The van der Waals surface area contributed by atoms with Crippen molar-refractivity contribution in [1.29, 1.82) is 0 Å². The third-order valence-electron chi connectivity index (χ3n) is 0.560. The fourth-order valence-electron chi connectivity index (χ4n) is 0.253. The quantitative estimate of drug-likeness (QED) is 0.300. The van der Waals surface area contributed by atoms with Gasteiger partial charge in [-0.3, -0.25) is 0 Å². The van der Waals surface area contributed by atoms with E-state index in [0.29, 0.717) is 0 Å². The Bertz CT molecular complexity index is 46.5. The summed E-state index contributed by atoms with van der Waals surface area (Å²) in [5.41, 5.74) is 0.